The summed E-state index contributed by atoms with van der Waals surface area (Å²) in [5, 5.41) is 3.74. The number of carbonyl (C=O) groups is 1. The molecule has 2 atom stereocenters. The van der Waals surface area contributed by atoms with Crippen LogP contribution in [0.15, 0.2) is 18.2 Å². The van der Waals surface area contributed by atoms with Crippen molar-refractivity contribution in [3.63, 3.8) is 0 Å². The summed E-state index contributed by atoms with van der Waals surface area (Å²) in [6.07, 6.45) is 4.36. The highest BCUT2D eigenvalue weighted by molar-refractivity contribution is 6.33. The van der Waals surface area contributed by atoms with Crippen molar-refractivity contribution in [1.29, 1.82) is 0 Å². The second-order valence-corrected chi connectivity index (χ2v) is 6.21. The van der Waals surface area contributed by atoms with E-state index >= 15 is 0 Å². The third kappa shape index (κ3) is 2.54. The molecule has 1 aromatic rings. The van der Waals surface area contributed by atoms with Crippen LogP contribution < -0.4 is 5.32 Å². The molecular weight excluding hydrogens is 279 g/mol. The van der Waals surface area contributed by atoms with Crippen LogP contribution in [0.4, 0.5) is 4.39 Å². The summed E-state index contributed by atoms with van der Waals surface area (Å²) in [5.74, 6) is -0.546. The summed E-state index contributed by atoms with van der Waals surface area (Å²) >= 11 is 5.98. The molecule has 2 fully saturated rings. The lowest BCUT2D eigenvalue weighted by Gasteiger charge is -2.35. The van der Waals surface area contributed by atoms with Crippen molar-refractivity contribution in [3.05, 3.63) is 34.6 Å². The molecule has 2 aliphatic rings. The minimum absolute atomic E-state index is 0.124. The first-order valence-corrected chi connectivity index (χ1v) is 7.40. The number of piperidine rings is 1. The van der Waals surface area contributed by atoms with Crippen LogP contribution in [0.5, 0.6) is 0 Å². The summed E-state index contributed by atoms with van der Waals surface area (Å²) in [4.78, 5) is 14.3. The van der Waals surface area contributed by atoms with Crippen LogP contribution in [0.2, 0.25) is 5.02 Å². The molecule has 0 spiro atoms. The Kier molecular flexibility index (Phi) is 3.69. The second kappa shape index (κ2) is 5.34. The third-order valence-electron chi connectivity index (χ3n) is 4.48. The topological polar surface area (TPSA) is 32.3 Å². The van der Waals surface area contributed by atoms with Crippen LogP contribution in [0, 0.1) is 5.82 Å². The van der Waals surface area contributed by atoms with Gasteiger partial charge in [0.15, 0.2) is 0 Å². The Morgan fingerprint density at radius 3 is 2.60 bits per heavy atom. The zero-order valence-electron chi connectivity index (χ0n) is 11.4. The van der Waals surface area contributed by atoms with E-state index in [-0.39, 0.29) is 17.0 Å². The molecule has 20 heavy (non-hydrogen) atoms. The van der Waals surface area contributed by atoms with Gasteiger partial charge < -0.3 is 10.2 Å². The number of carbonyl (C=O) groups excluding carboxylic acids is 1. The van der Waals surface area contributed by atoms with Gasteiger partial charge in [0.2, 0.25) is 0 Å². The Morgan fingerprint density at radius 1 is 1.35 bits per heavy atom. The molecule has 1 aromatic carbocycles. The monoisotopic (exact) mass is 296 g/mol. The van der Waals surface area contributed by atoms with Gasteiger partial charge in [0.25, 0.3) is 5.91 Å². The number of amides is 1. The normalized spacial score (nSPS) is 28.4. The van der Waals surface area contributed by atoms with Crippen molar-refractivity contribution in [2.45, 2.75) is 43.8 Å². The van der Waals surface area contributed by atoms with Crippen molar-refractivity contribution in [2.24, 2.45) is 0 Å². The molecule has 2 aliphatic heterocycles. The van der Waals surface area contributed by atoms with E-state index in [1.807, 2.05) is 7.05 Å². The minimum atomic E-state index is -0.422. The lowest BCUT2D eigenvalue weighted by Crippen LogP contribution is -2.48. The SMILES string of the molecule is CN(C(=O)c1ccc(F)cc1Cl)C1CC2CCC(C1)N2. The number of nitrogens with one attached hydrogen (secondary N) is 1. The highest BCUT2D eigenvalue weighted by Crippen LogP contribution is 2.30. The van der Waals surface area contributed by atoms with E-state index in [4.69, 9.17) is 11.6 Å². The van der Waals surface area contributed by atoms with E-state index in [9.17, 15) is 9.18 Å². The molecule has 2 bridgehead atoms. The number of hydrogen-bond donors (Lipinski definition) is 1. The third-order valence-corrected chi connectivity index (χ3v) is 4.79. The number of nitrogens with zero attached hydrogens (tertiary/aromatic N) is 1. The van der Waals surface area contributed by atoms with Crippen molar-refractivity contribution in [1.82, 2.24) is 10.2 Å². The van der Waals surface area contributed by atoms with Gasteiger partial charge in [0, 0.05) is 25.2 Å². The van der Waals surface area contributed by atoms with Crippen LogP contribution in [0.25, 0.3) is 0 Å². The molecule has 2 heterocycles. The van der Waals surface area contributed by atoms with E-state index in [0.29, 0.717) is 17.6 Å². The standard InChI is InChI=1S/C15H18ClFN2O/c1-19(12-7-10-3-4-11(8-12)18-10)15(20)13-5-2-9(17)6-14(13)16/h2,5-6,10-12,18H,3-4,7-8H2,1H3. The predicted octanol–water partition coefficient (Wildman–Crippen LogP) is 2.83. The molecule has 3 nitrogen and oxygen atoms in total. The molecule has 0 aromatic heterocycles. The first-order chi connectivity index (χ1) is 9.54. The molecule has 3 rings (SSSR count). The van der Waals surface area contributed by atoms with Gasteiger partial charge in [-0.1, -0.05) is 11.6 Å². The van der Waals surface area contributed by atoms with Gasteiger partial charge in [-0.2, -0.15) is 0 Å². The number of hydrogen-bond acceptors (Lipinski definition) is 2. The van der Waals surface area contributed by atoms with Crippen LogP contribution in [0.3, 0.4) is 0 Å². The number of benzene rings is 1. The van der Waals surface area contributed by atoms with Crippen LogP contribution in [-0.2, 0) is 0 Å². The maximum atomic E-state index is 13.1. The average molecular weight is 297 g/mol. The minimum Gasteiger partial charge on any atom is -0.339 e. The van der Waals surface area contributed by atoms with Gasteiger partial charge in [-0.25, -0.2) is 4.39 Å². The highest BCUT2D eigenvalue weighted by Gasteiger charge is 2.36. The van der Waals surface area contributed by atoms with Gasteiger partial charge in [0.1, 0.15) is 5.82 Å². The second-order valence-electron chi connectivity index (χ2n) is 5.80. The summed E-state index contributed by atoms with van der Waals surface area (Å²) in [5.41, 5.74) is 0.376. The van der Waals surface area contributed by atoms with Gasteiger partial charge in [0.05, 0.1) is 10.6 Å². The lowest BCUT2D eigenvalue weighted by atomic mass is 9.98. The first-order valence-electron chi connectivity index (χ1n) is 7.03. The van der Waals surface area contributed by atoms with Crippen LogP contribution >= 0.6 is 11.6 Å². The smallest absolute Gasteiger partial charge is 0.255 e. The fourth-order valence-corrected chi connectivity index (χ4v) is 3.61. The Hall–Kier alpha value is -1.13. The van der Waals surface area contributed by atoms with Crippen molar-refractivity contribution in [3.8, 4) is 0 Å². The fraction of sp³-hybridized carbons (Fsp3) is 0.533. The molecule has 5 heteroatoms. The molecule has 1 N–H and O–H groups in total. The average Bonchev–Trinajstić information content (AvgIpc) is 2.76. The molecule has 2 saturated heterocycles. The van der Waals surface area contributed by atoms with Crippen molar-refractivity contribution in [2.75, 3.05) is 7.05 Å². The van der Waals surface area contributed by atoms with Gasteiger partial charge in [-0.3, -0.25) is 4.79 Å². The molecule has 0 saturated carbocycles. The van der Waals surface area contributed by atoms with Crippen LogP contribution in [0.1, 0.15) is 36.0 Å². The van der Waals surface area contributed by atoms with Gasteiger partial charge >= 0.3 is 0 Å². The number of halogens is 2. The molecule has 1 amide bonds. The summed E-state index contributed by atoms with van der Waals surface area (Å²) in [6.45, 7) is 0. The maximum Gasteiger partial charge on any atom is 0.255 e. The Bertz CT molecular complexity index is 525. The lowest BCUT2D eigenvalue weighted by molar-refractivity contribution is 0.0682. The Morgan fingerprint density at radius 2 is 2.00 bits per heavy atom. The summed E-state index contributed by atoms with van der Waals surface area (Å²) in [6, 6.07) is 5.22. The Labute approximate surface area is 123 Å². The fourth-order valence-electron chi connectivity index (χ4n) is 3.36. The van der Waals surface area contributed by atoms with Crippen LogP contribution in [-0.4, -0.2) is 36.0 Å². The number of fused-ring (bicyclic) bond motifs is 2. The van der Waals surface area contributed by atoms with Crippen molar-refractivity contribution < 1.29 is 9.18 Å². The molecule has 2 unspecified atom stereocenters. The van der Waals surface area contributed by atoms with Gasteiger partial charge in [-0.15, -0.1) is 0 Å². The van der Waals surface area contributed by atoms with E-state index in [0.717, 1.165) is 12.8 Å². The molecular formula is C15H18ClFN2O. The largest absolute Gasteiger partial charge is 0.339 e. The molecule has 0 radical (unpaired) electrons. The molecule has 0 aliphatic carbocycles. The first kappa shape index (κ1) is 13.8. The Balaban J connectivity index is 1.76. The quantitative estimate of drug-likeness (QED) is 0.910. The maximum absolute atomic E-state index is 13.1. The predicted molar refractivity (Wildman–Crippen MR) is 76.5 cm³/mol. The van der Waals surface area contributed by atoms with E-state index in [1.165, 1.54) is 31.0 Å². The van der Waals surface area contributed by atoms with E-state index in [2.05, 4.69) is 5.32 Å². The zero-order chi connectivity index (χ0) is 14.3. The zero-order valence-corrected chi connectivity index (χ0v) is 12.2. The summed E-state index contributed by atoms with van der Waals surface area (Å²) < 4.78 is 13.1. The van der Waals surface area contributed by atoms with Crippen molar-refractivity contribution >= 4 is 17.5 Å². The number of rotatable bonds is 2. The highest BCUT2D eigenvalue weighted by atomic mass is 35.5. The summed E-state index contributed by atoms with van der Waals surface area (Å²) in [7, 11) is 1.82. The van der Waals surface area contributed by atoms with Gasteiger partial charge in [-0.05, 0) is 43.9 Å². The van der Waals surface area contributed by atoms with E-state index in [1.54, 1.807) is 4.90 Å². The molecule has 108 valence electrons. The van der Waals surface area contributed by atoms with E-state index < -0.39 is 5.82 Å².